The average Bonchev–Trinajstić information content (AvgIpc) is 2.43. The summed E-state index contributed by atoms with van der Waals surface area (Å²) in [6, 6.07) is 9.13. The zero-order valence-corrected chi connectivity index (χ0v) is 10.8. The first-order chi connectivity index (χ1) is 9.18. The van der Waals surface area contributed by atoms with Crippen molar-refractivity contribution in [3.05, 3.63) is 59.4 Å². The Labute approximate surface area is 112 Å². The van der Waals surface area contributed by atoms with Crippen LogP contribution in [-0.2, 0) is 11.2 Å². The van der Waals surface area contributed by atoms with E-state index in [1.54, 1.807) is 24.5 Å². The van der Waals surface area contributed by atoms with Crippen molar-refractivity contribution in [2.45, 2.75) is 13.3 Å². The number of hydrogen-bond acceptors (Lipinski definition) is 4. The standard InChI is InChI=1S/C15H16N2O2/c1-11-3-2-4-13(14(11)16)15(18)19-10-7-12-5-8-17-9-6-12/h2-6,8-9H,7,10,16H2,1H3. The van der Waals surface area contributed by atoms with Gasteiger partial charge in [0.1, 0.15) is 0 Å². The van der Waals surface area contributed by atoms with E-state index in [1.165, 1.54) is 0 Å². The molecule has 0 spiro atoms. The van der Waals surface area contributed by atoms with Crippen LogP contribution in [0.25, 0.3) is 0 Å². The van der Waals surface area contributed by atoms with Gasteiger partial charge in [0.15, 0.2) is 0 Å². The molecule has 0 amide bonds. The van der Waals surface area contributed by atoms with Crippen molar-refractivity contribution >= 4 is 11.7 Å². The monoisotopic (exact) mass is 256 g/mol. The molecule has 19 heavy (non-hydrogen) atoms. The molecule has 2 aromatic rings. The third-order valence-corrected chi connectivity index (χ3v) is 2.92. The molecule has 0 aliphatic heterocycles. The van der Waals surface area contributed by atoms with Crippen LogP contribution in [0.1, 0.15) is 21.5 Å². The van der Waals surface area contributed by atoms with Crippen LogP contribution >= 0.6 is 0 Å². The summed E-state index contributed by atoms with van der Waals surface area (Å²) in [6.07, 6.45) is 4.10. The first-order valence-electron chi connectivity index (χ1n) is 6.09. The molecule has 98 valence electrons. The molecule has 1 aromatic heterocycles. The number of aryl methyl sites for hydroxylation is 1. The van der Waals surface area contributed by atoms with Crippen molar-refractivity contribution in [3.8, 4) is 0 Å². The predicted molar refractivity (Wildman–Crippen MR) is 73.8 cm³/mol. The van der Waals surface area contributed by atoms with Gasteiger partial charge in [-0.05, 0) is 36.2 Å². The molecule has 0 bridgehead atoms. The maximum atomic E-state index is 11.9. The third-order valence-electron chi connectivity index (χ3n) is 2.92. The minimum atomic E-state index is -0.379. The summed E-state index contributed by atoms with van der Waals surface area (Å²) >= 11 is 0. The van der Waals surface area contributed by atoms with Crippen LogP contribution in [-0.4, -0.2) is 17.6 Å². The number of benzene rings is 1. The van der Waals surface area contributed by atoms with E-state index in [9.17, 15) is 4.79 Å². The fraction of sp³-hybridized carbons (Fsp3) is 0.200. The number of nitrogens with two attached hydrogens (primary N) is 1. The first-order valence-corrected chi connectivity index (χ1v) is 6.09. The molecule has 1 aromatic carbocycles. The van der Waals surface area contributed by atoms with Gasteiger partial charge in [-0.1, -0.05) is 12.1 Å². The number of carbonyl (C=O) groups excluding carboxylic acids is 1. The molecule has 0 saturated carbocycles. The Balaban J connectivity index is 1.93. The molecule has 0 saturated heterocycles. The van der Waals surface area contributed by atoms with E-state index in [0.29, 0.717) is 24.3 Å². The van der Waals surface area contributed by atoms with E-state index in [1.807, 2.05) is 25.1 Å². The Bertz CT molecular complexity index is 568. The second kappa shape index (κ2) is 6.00. The fourth-order valence-electron chi connectivity index (χ4n) is 1.75. The predicted octanol–water partition coefficient (Wildman–Crippen LogP) is 2.37. The molecular formula is C15H16N2O2. The fourth-order valence-corrected chi connectivity index (χ4v) is 1.75. The molecule has 0 atom stereocenters. The Morgan fingerprint density at radius 2 is 2.00 bits per heavy atom. The van der Waals surface area contributed by atoms with Crippen LogP contribution in [0, 0.1) is 6.92 Å². The zero-order valence-electron chi connectivity index (χ0n) is 10.8. The van der Waals surface area contributed by atoms with Gasteiger partial charge in [-0.25, -0.2) is 4.79 Å². The highest BCUT2D eigenvalue weighted by molar-refractivity contribution is 5.95. The van der Waals surface area contributed by atoms with Crippen molar-refractivity contribution in [1.29, 1.82) is 0 Å². The van der Waals surface area contributed by atoms with Crippen LogP contribution in [0.5, 0.6) is 0 Å². The average molecular weight is 256 g/mol. The summed E-state index contributed by atoms with van der Waals surface area (Å²) in [5, 5.41) is 0. The minimum absolute atomic E-state index is 0.330. The quantitative estimate of drug-likeness (QED) is 0.673. The molecular weight excluding hydrogens is 240 g/mol. The number of carbonyl (C=O) groups is 1. The van der Waals surface area contributed by atoms with Gasteiger partial charge in [-0.3, -0.25) is 4.98 Å². The van der Waals surface area contributed by atoms with Gasteiger partial charge in [0.05, 0.1) is 12.2 Å². The van der Waals surface area contributed by atoms with Gasteiger partial charge in [0.25, 0.3) is 0 Å². The third kappa shape index (κ3) is 3.31. The van der Waals surface area contributed by atoms with Crippen molar-refractivity contribution in [2.75, 3.05) is 12.3 Å². The van der Waals surface area contributed by atoms with E-state index in [4.69, 9.17) is 10.5 Å². The number of nitrogen functional groups attached to an aromatic ring is 1. The van der Waals surface area contributed by atoms with Gasteiger partial charge in [0.2, 0.25) is 0 Å². The Morgan fingerprint density at radius 1 is 1.26 bits per heavy atom. The Morgan fingerprint density at radius 3 is 2.74 bits per heavy atom. The number of pyridine rings is 1. The summed E-state index contributed by atoms with van der Waals surface area (Å²) in [4.78, 5) is 15.8. The molecule has 4 nitrogen and oxygen atoms in total. The molecule has 0 aliphatic rings. The molecule has 2 N–H and O–H groups in total. The number of aromatic nitrogens is 1. The van der Waals surface area contributed by atoms with Crippen LogP contribution in [0.15, 0.2) is 42.7 Å². The number of para-hydroxylation sites is 1. The second-order valence-corrected chi connectivity index (χ2v) is 4.28. The highest BCUT2D eigenvalue weighted by Crippen LogP contribution is 2.17. The van der Waals surface area contributed by atoms with Gasteiger partial charge in [0, 0.05) is 24.5 Å². The Hall–Kier alpha value is -2.36. The van der Waals surface area contributed by atoms with Gasteiger partial charge in [-0.15, -0.1) is 0 Å². The summed E-state index contributed by atoms with van der Waals surface area (Å²) in [5.41, 5.74) is 8.73. The van der Waals surface area contributed by atoms with E-state index < -0.39 is 0 Å². The number of hydrogen-bond donors (Lipinski definition) is 1. The smallest absolute Gasteiger partial charge is 0.340 e. The van der Waals surface area contributed by atoms with E-state index in [-0.39, 0.29) is 5.97 Å². The van der Waals surface area contributed by atoms with E-state index in [2.05, 4.69) is 4.98 Å². The molecule has 1 heterocycles. The van der Waals surface area contributed by atoms with E-state index >= 15 is 0 Å². The summed E-state index contributed by atoms with van der Waals surface area (Å²) in [7, 11) is 0. The maximum Gasteiger partial charge on any atom is 0.340 e. The lowest BCUT2D eigenvalue weighted by molar-refractivity contribution is 0.0510. The summed E-state index contributed by atoms with van der Waals surface area (Å²) in [5.74, 6) is -0.379. The maximum absolute atomic E-state index is 11.9. The lowest BCUT2D eigenvalue weighted by atomic mass is 10.1. The number of esters is 1. The topological polar surface area (TPSA) is 65.2 Å². The van der Waals surface area contributed by atoms with Crippen LogP contribution in [0.2, 0.25) is 0 Å². The van der Waals surface area contributed by atoms with Crippen LogP contribution < -0.4 is 5.73 Å². The van der Waals surface area contributed by atoms with Gasteiger partial charge in [-0.2, -0.15) is 0 Å². The Kier molecular flexibility index (Phi) is 4.13. The minimum Gasteiger partial charge on any atom is -0.462 e. The molecule has 0 aliphatic carbocycles. The van der Waals surface area contributed by atoms with Crippen molar-refractivity contribution in [3.63, 3.8) is 0 Å². The number of nitrogens with zero attached hydrogens (tertiary/aromatic N) is 1. The zero-order chi connectivity index (χ0) is 13.7. The number of ether oxygens (including phenoxy) is 1. The largest absolute Gasteiger partial charge is 0.462 e. The lowest BCUT2D eigenvalue weighted by Gasteiger charge is -2.08. The first kappa shape index (κ1) is 13.1. The van der Waals surface area contributed by atoms with Crippen molar-refractivity contribution in [2.24, 2.45) is 0 Å². The second-order valence-electron chi connectivity index (χ2n) is 4.28. The highest BCUT2D eigenvalue weighted by Gasteiger charge is 2.11. The van der Waals surface area contributed by atoms with Crippen molar-refractivity contribution in [1.82, 2.24) is 4.98 Å². The van der Waals surface area contributed by atoms with Crippen LogP contribution in [0.4, 0.5) is 5.69 Å². The van der Waals surface area contributed by atoms with Gasteiger partial charge < -0.3 is 10.5 Å². The number of anilines is 1. The normalized spacial score (nSPS) is 10.2. The van der Waals surface area contributed by atoms with Crippen molar-refractivity contribution < 1.29 is 9.53 Å². The molecule has 4 heteroatoms. The van der Waals surface area contributed by atoms with E-state index in [0.717, 1.165) is 11.1 Å². The molecule has 2 rings (SSSR count). The highest BCUT2D eigenvalue weighted by atomic mass is 16.5. The van der Waals surface area contributed by atoms with Crippen LogP contribution in [0.3, 0.4) is 0 Å². The number of rotatable bonds is 4. The molecule has 0 fully saturated rings. The molecule has 0 radical (unpaired) electrons. The summed E-state index contributed by atoms with van der Waals surface area (Å²) in [6.45, 7) is 2.19. The molecule has 0 unspecified atom stereocenters. The SMILES string of the molecule is Cc1cccc(C(=O)OCCc2ccncc2)c1N. The van der Waals surface area contributed by atoms with Gasteiger partial charge >= 0.3 is 5.97 Å². The summed E-state index contributed by atoms with van der Waals surface area (Å²) < 4.78 is 5.23. The lowest BCUT2D eigenvalue weighted by Crippen LogP contribution is -2.11.